The second kappa shape index (κ2) is 6.44. The van der Waals surface area contributed by atoms with Crippen LogP contribution in [0.3, 0.4) is 0 Å². The molecule has 1 aromatic heterocycles. The van der Waals surface area contributed by atoms with E-state index in [4.69, 9.17) is 4.74 Å². The van der Waals surface area contributed by atoms with E-state index in [0.29, 0.717) is 5.56 Å². The van der Waals surface area contributed by atoms with Crippen LogP contribution in [-0.2, 0) is 9.53 Å². The van der Waals surface area contributed by atoms with E-state index in [1.54, 1.807) is 12.1 Å². The number of amides is 1. The molecular formula is C18H24N2O3. The van der Waals surface area contributed by atoms with Gasteiger partial charge in [0.1, 0.15) is 0 Å². The first kappa shape index (κ1) is 17.1. The summed E-state index contributed by atoms with van der Waals surface area (Å²) < 4.78 is 5.11. The fourth-order valence-electron chi connectivity index (χ4n) is 2.30. The predicted octanol–water partition coefficient (Wildman–Crippen LogP) is 3.25. The molecule has 2 rings (SSSR count). The topological polar surface area (TPSA) is 71.2 Å². The highest BCUT2D eigenvalue weighted by Gasteiger charge is 2.19. The summed E-state index contributed by atoms with van der Waals surface area (Å²) >= 11 is 0. The fraction of sp³-hybridized carbons (Fsp3) is 0.444. The Morgan fingerprint density at radius 2 is 1.96 bits per heavy atom. The molecule has 0 atom stereocenters. The molecule has 5 nitrogen and oxygen atoms in total. The van der Waals surface area contributed by atoms with Crippen LogP contribution in [-0.4, -0.2) is 29.0 Å². The van der Waals surface area contributed by atoms with Gasteiger partial charge in [0.2, 0.25) is 0 Å². The normalized spacial score (nSPS) is 11.5. The molecule has 0 radical (unpaired) electrons. The third-order valence-electron chi connectivity index (χ3n) is 4.24. The van der Waals surface area contributed by atoms with Crippen molar-refractivity contribution in [1.82, 2.24) is 10.3 Å². The molecule has 1 amide bonds. The van der Waals surface area contributed by atoms with Crippen molar-refractivity contribution in [3.8, 4) is 0 Å². The summed E-state index contributed by atoms with van der Waals surface area (Å²) in [5.74, 6) is -0.783. The number of fused-ring (bicyclic) bond motifs is 1. The highest BCUT2D eigenvalue weighted by atomic mass is 16.5. The standard InChI is InChI=1S/C18H24N2O3/c1-6-18(4,5)20-16(21)10-23-17(22)13-7-8-15-14(9-13)11(2)12(3)19-15/h7-9,19H,6,10H2,1-5H3,(H,20,21). The number of rotatable bonds is 5. The van der Waals surface area contributed by atoms with Crippen molar-refractivity contribution in [3.05, 3.63) is 35.0 Å². The van der Waals surface area contributed by atoms with E-state index in [0.717, 1.165) is 28.6 Å². The van der Waals surface area contributed by atoms with Crippen LogP contribution in [0.15, 0.2) is 18.2 Å². The van der Waals surface area contributed by atoms with Crippen LogP contribution in [0, 0.1) is 13.8 Å². The lowest BCUT2D eigenvalue weighted by Crippen LogP contribution is -2.44. The average molecular weight is 316 g/mol. The van der Waals surface area contributed by atoms with Gasteiger partial charge >= 0.3 is 5.97 Å². The quantitative estimate of drug-likeness (QED) is 0.832. The number of aromatic nitrogens is 1. The Morgan fingerprint density at radius 3 is 2.61 bits per heavy atom. The van der Waals surface area contributed by atoms with Crippen molar-refractivity contribution in [2.75, 3.05) is 6.61 Å². The van der Waals surface area contributed by atoms with Gasteiger partial charge in [-0.25, -0.2) is 4.79 Å². The minimum Gasteiger partial charge on any atom is -0.452 e. The molecule has 0 aliphatic rings. The molecule has 0 saturated heterocycles. The van der Waals surface area contributed by atoms with Gasteiger partial charge in [0.15, 0.2) is 6.61 Å². The molecule has 0 aliphatic heterocycles. The maximum atomic E-state index is 12.1. The number of benzene rings is 1. The van der Waals surface area contributed by atoms with E-state index < -0.39 is 5.97 Å². The molecule has 2 N–H and O–H groups in total. The second-order valence-corrected chi connectivity index (χ2v) is 6.50. The number of hydrogen-bond donors (Lipinski definition) is 2. The molecule has 1 heterocycles. The van der Waals surface area contributed by atoms with Crippen LogP contribution in [0.25, 0.3) is 10.9 Å². The number of hydrogen-bond acceptors (Lipinski definition) is 3. The van der Waals surface area contributed by atoms with Crippen molar-refractivity contribution in [1.29, 1.82) is 0 Å². The summed E-state index contributed by atoms with van der Waals surface area (Å²) in [5, 5.41) is 3.83. The number of H-pyrrole nitrogens is 1. The number of ether oxygens (including phenoxy) is 1. The van der Waals surface area contributed by atoms with Gasteiger partial charge in [0.05, 0.1) is 5.56 Å². The van der Waals surface area contributed by atoms with E-state index >= 15 is 0 Å². The van der Waals surface area contributed by atoms with Gasteiger partial charge < -0.3 is 15.0 Å². The Balaban J connectivity index is 2.04. The van der Waals surface area contributed by atoms with Gasteiger partial charge in [-0.3, -0.25) is 4.79 Å². The Labute approximate surface area is 136 Å². The molecular weight excluding hydrogens is 292 g/mol. The molecule has 0 spiro atoms. The maximum Gasteiger partial charge on any atom is 0.338 e. The zero-order valence-electron chi connectivity index (χ0n) is 14.4. The van der Waals surface area contributed by atoms with Crippen LogP contribution < -0.4 is 5.32 Å². The molecule has 0 bridgehead atoms. The second-order valence-electron chi connectivity index (χ2n) is 6.50. The van der Waals surface area contributed by atoms with Gasteiger partial charge in [-0.05, 0) is 57.9 Å². The molecule has 5 heteroatoms. The SMILES string of the molecule is CCC(C)(C)NC(=O)COC(=O)c1ccc2[nH]c(C)c(C)c2c1. The predicted molar refractivity (Wildman–Crippen MR) is 90.6 cm³/mol. The zero-order valence-corrected chi connectivity index (χ0v) is 14.4. The van der Waals surface area contributed by atoms with Crippen molar-refractivity contribution in [2.45, 2.75) is 46.6 Å². The van der Waals surface area contributed by atoms with Crippen molar-refractivity contribution in [3.63, 3.8) is 0 Å². The van der Waals surface area contributed by atoms with Crippen LogP contribution in [0.4, 0.5) is 0 Å². The number of nitrogens with one attached hydrogen (secondary N) is 2. The fourth-order valence-corrected chi connectivity index (χ4v) is 2.30. The number of aromatic amines is 1. The third-order valence-corrected chi connectivity index (χ3v) is 4.24. The largest absolute Gasteiger partial charge is 0.452 e. The lowest BCUT2D eigenvalue weighted by molar-refractivity contribution is -0.125. The first-order valence-corrected chi connectivity index (χ1v) is 7.80. The Kier molecular flexibility index (Phi) is 4.78. The van der Waals surface area contributed by atoms with Crippen molar-refractivity contribution >= 4 is 22.8 Å². The van der Waals surface area contributed by atoms with Gasteiger partial charge in [0, 0.05) is 22.1 Å². The average Bonchev–Trinajstić information content (AvgIpc) is 2.79. The van der Waals surface area contributed by atoms with Crippen molar-refractivity contribution < 1.29 is 14.3 Å². The zero-order chi connectivity index (χ0) is 17.2. The summed E-state index contributed by atoms with van der Waals surface area (Å²) in [6.45, 7) is 9.57. The van der Waals surface area contributed by atoms with E-state index in [-0.39, 0.29) is 18.1 Å². The molecule has 0 saturated carbocycles. The van der Waals surface area contributed by atoms with Crippen LogP contribution >= 0.6 is 0 Å². The molecule has 23 heavy (non-hydrogen) atoms. The Bertz CT molecular complexity index is 744. The van der Waals surface area contributed by atoms with E-state index in [1.807, 2.05) is 40.7 Å². The summed E-state index contributed by atoms with van der Waals surface area (Å²) in [6.07, 6.45) is 0.801. The summed E-state index contributed by atoms with van der Waals surface area (Å²) in [7, 11) is 0. The molecule has 0 fully saturated rings. The first-order chi connectivity index (χ1) is 10.7. The molecule has 0 aliphatic carbocycles. The van der Waals surface area contributed by atoms with E-state index in [9.17, 15) is 9.59 Å². The third kappa shape index (κ3) is 3.92. The number of carbonyl (C=O) groups excluding carboxylic acids is 2. The lowest BCUT2D eigenvalue weighted by atomic mass is 10.0. The monoisotopic (exact) mass is 316 g/mol. The minimum absolute atomic E-state index is 0.272. The summed E-state index contributed by atoms with van der Waals surface area (Å²) in [6, 6.07) is 5.35. The van der Waals surface area contributed by atoms with Gasteiger partial charge in [0.25, 0.3) is 5.91 Å². The minimum atomic E-state index is -0.491. The number of esters is 1. The smallest absolute Gasteiger partial charge is 0.338 e. The summed E-state index contributed by atoms with van der Waals surface area (Å²) in [4.78, 5) is 27.2. The van der Waals surface area contributed by atoms with Crippen molar-refractivity contribution in [2.24, 2.45) is 0 Å². The maximum absolute atomic E-state index is 12.1. The molecule has 124 valence electrons. The molecule has 0 unspecified atom stereocenters. The highest BCUT2D eigenvalue weighted by molar-refractivity contribution is 5.96. The Morgan fingerprint density at radius 1 is 1.26 bits per heavy atom. The van der Waals surface area contributed by atoms with Crippen LogP contribution in [0.1, 0.15) is 48.8 Å². The Hall–Kier alpha value is -2.30. The number of carbonyl (C=O) groups is 2. The molecule has 2 aromatic rings. The summed E-state index contributed by atoms with van der Waals surface area (Å²) in [5.41, 5.74) is 3.31. The molecule has 1 aromatic carbocycles. The van der Waals surface area contributed by atoms with Gasteiger partial charge in [-0.1, -0.05) is 6.92 Å². The van der Waals surface area contributed by atoms with E-state index in [1.165, 1.54) is 0 Å². The van der Waals surface area contributed by atoms with Crippen LogP contribution in [0.2, 0.25) is 0 Å². The van der Waals surface area contributed by atoms with Gasteiger partial charge in [-0.15, -0.1) is 0 Å². The lowest BCUT2D eigenvalue weighted by Gasteiger charge is -2.24. The first-order valence-electron chi connectivity index (χ1n) is 7.80. The van der Waals surface area contributed by atoms with Gasteiger partial charge in [-0.2, -0.15) is 0 Å². The number of aryl methyl sites for hydroxylation is 2. The van der Waals surface area contributed by atoms with E-state index in [2.05, 4.69) is 10.3 Å². The van der Waals surface area contributed by atoms with Crippen LogP contribution in [0.5, 0.6) is 0 Å². The highest BCUT2D eigenvalue weighted by Crippen LogP contribution is 2.22.